The Bertz CT molecular complexity index is 785. The average molecular weight is 303 g/mol. The molecule has 2 aromatic carbocycles. The van der Waals surface area contributed by atoms with Gasteiger partial charge in [-0.2, -0.15) is 0 Å². The summed E-state index contributed by atoms with van der Waals surface area (Å²) in [5, 5.41) is 2.41. The molecule has 0 aliphatic carbocycles. The summed E-state index contributed by atoms with van der Waals surface area (Å²) in [6.45, 7) is 0. The number of para-hydroxylation sites is 1. The van der Waals surface area contributed by atoms with Gasteiger partial charge in [0.05, 0.1) is 18.4 Å². The highest BCUT2D eigenvalue weighted by Gasteiger charge is 2.13. The van der Waals surface area contributed by atoms with Gasteiger partial charge in [-0.3, -0.25) is 0 Å². The molecule has 0 spiro atoms. The van der Waals surface area contributed by atoms with Gasteiger partial charge in [0.25, 0.3) is 0 Å². The van der Waals surface area contributed by atoms with Gasteiger partial charge in [0.1, 0.15) is 22.4 Å². The summed E-state index contributed by atoms with van der Waals surface area (Å²) in [5.41, 5.74) is 1.40. The fourth-order valence-electron chi connectivity index (χ4n) is 2.04. The molecule has 21 heavy (non-hydrogen) atoms. The third kappa shape index (κ3) is 2.64. The molecule has 1 aromatic heterocycles. The van der Waals surface area contributed by atoms with Gasteiger partial charge < -0.3 is 4.74 Å². The van der Waals surface area contributed by atoms with Crippen molar-refractivity contribution in [2.45, 2.75) is 0 Å². The number of thiazole rings is 1. The predicted octanol–water partition coefficient (Wildman–Crippen LogP) is 4.76. The number of methoxy groups -OCH3 is 1. The average Bonchev–Trinajstić information content (AvgIpc) is 2.99. The van der Waals surface area contributed by atoms with Gasteiger partial charge in [0, 0.05) is 10.9 Å². The van der Waals surface area contributed by atoms with Crippen molar-refractivity contribution in [2.24, 2.45) is 0 Å². The van der Waals surface area contributed by atoms with Crippen molar-refractivity contribution in [1.82, 2.24) is 4.98 Å². The van der Waals surface area contributed by atoms with E-state index in [1.165, 1.54) is 11.3 Å². The summed E-state index contributed by atoms with van der Waals surface area (Å²) in [5.74, 6) is -0.287. The van der Waals surface area contributed by atoms with E-state index in [2.05, 4.69) is 4.98 Å². The largest absolute Gasteiger partial charge is 0.496 e. The first-order valence-corrected chi connectivity index (χ1v) is 7.11. The SMILES string of the molecule is COc1ccccc1-c1nc(-c2cc(F)ccc2F)cs1. The molecule has 0 atom stereocenters. The molecule has 0 amide bonds. The van der Waals surface area contributed by atoms with Crippen LogP contribution in [0.2, 0.25) is 0 Å². The van der Waals surface area contributed by atoms with Crippen LogP contribution in [0, 0.1) is 11.6 Å². The van der Waals surface area contributed by atoms with Crippen molar-refractivity contribution >= 4 is 11.3 Å². The summed E-state index contributed by atoms with van der Waals surface area (Å²) in [6, 6.07) is 10.8. The second kappa shape index (κ2) is 5.61. The van der Waals surface area contributed by atoms with Crippen LogP contribution in [0.15, 0.2) is 47.8 Å². The van der Waals surface area contributed by atoms with Crippen LogP contribution in [-0.2, 0) is 0 Å². The summed E-state index contributed by atoms with van der Waals surface area (Å²) in [4.78, 5) is 4.39. The van der Waals surface area contributed by atoms with Gasteiger partial charge in [0.15, 0.2) is 0 Å². The molecule has 0 aliphatic rings. The van der Waals surface area contributed by atoms with Gasteiger partial charge in [-0.25, -0.2) is 13.8 Å². The molecular weight excluding hydrogens is 292 g/mol. The molecule has 0 fully saturated rings. The van der Waals surface area contributed by atoms with Gasteiger partial charge in [0.2, 0.25) is 0 Å². The molecule has 0 bridgehead atoms. The van der Waals surface area contributed by atoms with E-state index in [1.54, 1.807) is 12.5 Å². The van der Waals surface area contributed by atoms with E-state index in [0.717, 1.165) is 23.8 Å². The van der Waals surface area contributed by atoms with Crippen LogP contribution in [0.3, 0.4) is 0 Å². The zero-order chi connectivity index (χ0) is 14.8. The van der Waals surface area contributed by atoms with Crippen LogP contribution in [0.1, 0.15) is 0 Å². The molecule has 0 radical (unpaired) electrons. The van der Waals surface area contributed by atoms with Crippen LogP contribution >= 0.6 is 11.3 Å². The minimum absolute atomic E-state index is 0.160. The Morgan fingerprint density at radius 3 is 2.67 bits per heavy atom. The lowest BCUT2D eigenvalue weighted by Gasteiger charge is -2.04. The third-order valence-corrected chi connectivity index (χ3v) is 3.92. The van der Waals surface area contributed by atoms with E-state index in [9.17, 15) is 8.78 Å². The number of ether oxygens (including phenoxy) is 1. The van der Waals surface area contributed by atoms with Crippen LogP contribution in [0.5, 0.6) is 5.75 Å². The Balaban J connectivity index is 2.06. The van der Waals surface area contributed by atoms with Gasteiger partial charge in [-0.05, 0) is 30.3 Å². The molecular formula is C16H11F2NOS. The lowest BCUT2D eigenvalue weighted by molar-refractivity contribution is 0.416. The predicted molar refractivity (Wildman–Crippen MR) is 79.5 cm³/mol. The molecule has 106 valence electrons. The highest BCUT2D eigenvalue weighted by molar-refractivity contribution is 7.13. The van der Waals surface area contributed by atoms with Crippen molar-refractivity contribution in [3.05, 3.63) is 59.5 Å². The molecule has 2 nitrogen and oxygen atoms in total. The highest BCUT2D eigenvalue weighted by atomic mass is 32.1. The number of benzene rings is 2. The van der Waals surface area contributed by atoms with Crippen LogP contribution < -0.4 is 4.74 Å². The zero-order valence-electron chi connectivity index (χ0n) is 11.1. The van der Waals surface area contributed by atoms with Crippen molar-refractivity contribution in [3.8, 4) is 27.6 Å². The second-order valence-corrected chi connectivity index (χ2v) is 5.22. The Hall–Kier alpha value is -2.27. The first kappa shape index (κ1) is 13.7. The molecule has 0 unspecified atom stereocenters. The first-order chi connectivity index (χ1) is 10.2. The molecule has 3 rings (SSSR count). The number of hydrogen-bond donors (Lipinski definition) is 0. The Morgan fingerprint density at radius 2 is 1.86 bits per heavy atom. The number of aromatic nitrogens is 1. The van der Waals surface area contributed by atoms with Crippen molar-refractivity contribution < 1.29 is 13.5 Å². The number of nitrogens with zero attached hydrogens (tertiary/aromatic N) is 1. The zero-order valence-corrected chi connectivity index (χ0v) is 12.0. The van der Waals surface area contributed by atoms with E-state index in [1.807, 2.05) is 24.3 Å². The summed E-state index contributed by atoms with van der Waals surface area (Å²) < 4.78 is 32.3. The summed E-state index contributed by atoms with van der Waals surface area (Å²) in [6.07, 6.45) is 0. The number of hydrogen-bond acceptors (Lipinski definition) is 3. The minimum atomic E-state index is -0.492. The first-order valence-electron chi connectivity index (χ1n) is 6.23. The normalized spacial score (nSPS) is 10.6. The maximum absolute atomic E-state index is 13.8. The standard InChI is InChI=1S/C16H11F2NOS/c1-20-15-5-3-2-4-11(15)16-19-14(9-21-16)12-8-10(17)6-7-13(12)18/h2-9H,1H3. The quantitative estimate of drug-likeness (QED) is 0.695. The summed E-state index contributed by atoms with van der Waals surface area (Å²) >= 11 is 1.36. The fraction of sp³-hybridized carbons (Fsp3) is 0.0625. The fourth-order valence-corrected chi connectivity index (χ4v) is 2.89. The second-order valence-electron chi connectivity index (χ2n) is 4.36. The topological polar surface area (TPSA) is 22.1 Å². The third-order valence-electron chi connectivity index (χ3n) is 3.05. The van der Waals surface area contributed by atoms with Gasteiger partial charge >= 0.3 is 0 Å². The number of rotatable bonds is 3. The summed E-state index contributed by atoms with van der Waals surface area (Å²) in [7, 11) is 1.58. The lowest BCUT2D eigenvalue weighted by atomic mass is 10.1. The Labute approximate surface area is 124 Å². The van der Waals surface area contributed by atoms with E-state index < -0.39 is 11.6 Å². The molecule has 0 N–H and O–H groups in total. The van der Waals surface area contributed by atoms with Gasteiger partial charge in [-0.15, -0.1) is 11.3 Å². The van der Waals surface area contributed by atoms with E-state index in [-0.39, 0.29) is 5.56 Å². The number of halogens is 2. The maximum atomic E-state index is 13.8. The highest BCUT2D eigenvalue weighted by Crippen LogP contribution is 2.35. The van der Waals surface area contributed by atoms with E-state index in [4.69, 9.17) is 4.74 Å². The molecule has 0 aliphatic heterocycles. The molecule has 0 saturated carbocycles. The Kier molecular flexibility index (Phi) is 3.66. The molecule has 1 heterocycles. The van der Waals surface area contributed by atoms with Crippen LogP contribution in [0.4, 0.5) is 8.78 Å². The van der Waals surface area contributed by atoms with Crippen molar-refractivity contribution in [3.63, 3.8) is 0 Å². The smallest absolute Gasteiger partial charge is 0.132 e. The molecule has 3 aromatic rings. The molecule has 5 heteroatoms. The van der Waals surface area contributed by atoms with Gasteiger partial charge in [-0.1, -0.05) is 12.1 Å². The molecule has 0 saturated heterocycles. The maximum Gasteiger partial charge on any atom is 0.132 e. The van der Waals surface area contributed by atoms with Crippen molar-refractivity contribution in [2.75, 3.05) is 7.11 Å². The van der Waals surface area contributed by atoms with Crippen molar-refractivity contribution in [1.29, 1.82) is 0 Å². The van der Waals surface area contributed by atoms with Crippen LogP contribution in [-0.4, -0.2) is 12.1 Å². The minimum Gasteiger partial charge on any atom is -0.496 e. The monoisotopic (exact) mass is 303 g/mol. The van der Waals surface area contributed by atoms with E-state index in [0.29, 0.717) is 16.5 Å². The Morgan fingerprint density at radius 1 is 1.05 bits per heavy atom. The van der Waals surface area contributed by atoms with E-state index >= 15 is 0 Å². The van der Waals surface area contributed by atoms with Crippen LogP contribution in [0.25, 0.3) is 21.8 Å². The lowest BCUT2D eigenvalue weighted by Crippen LogP contribution is -1.88.